The fourth-order valence-corrected chi connectivity index (χ4v) is 3.10. The molecule has 0 atom stereocenters. The quantitative estimate of drug-likeness (QED) is 0.700. The fraction of sp³-hybridized carbons (Fsp3) is 0.318. The van der Waals surface area contributed by atoms with Gasteiger partial charge in [-0.05, 0) is 23.3 Å². The molecule has 2 N–H and O–H groups in total. The summed E-state index contributed by atoms with van der Waals surface area (Å²) in [6, 6.07) is 16.9. The molecule has 0 aromatic heterocycles. The first kappa shape index (κ1) is 21.2. The normalized spacial score (nSPS) is 13.0. The van der Waals surface area contributed by atoms with Crippen molar-refractivity contribution in [1.29, 1.82) is 0 Å². The minimum atomic E-state index is -0.357. The molecule has 3 rings (SSSR count). The largest absolute Gasteiger partial charge is 0.447 e. The summed E-state index contributed by atoms with van der Waals surface area (Å²) in [5.41, 5.74) is 2.67. The summed E-state index contributed by atoms with van der Waals surface area (Å²) in [6.07, 6.45) is -0.174. The molecule has 0 bridgehead atoms. The minimum Gasteiger partial charge on any atom is -0.447 e. The van der Waals surface area contributed by atoms with Crippen LogP contribution in [0.4, 0.5) is 15.3 Å². The third kappa shape index (κ3) is 5.97. The van der Waals surface area contributed by atoms with Gasteiger partial charge in [0.15, 0.2) is 0 Å². The Balaban J connectivity index is 1.38. The number of hydrogen-bond acceptors (Lipinski definition) is 4. The van der Waals surface area contributed by atoms with E-state index in [2.05, 4.69) is 10.6 Å². The van der Waals surface area contributed by atoms with Gasteiger partial charge in [-0.15, -0.1) is 0 Å². The Bertz CT molecular complexity index is 888. The number of carbonyl (C=O) groups excluding carboxylic acids is 3. The number of carbonyl (C=O) groups is 3. The molecule has 8 heteroatoms. The molecule has 0 saturated carbocycles. The van der Waals surface area contributed by atoms with E-state index >= 15 is 0 Å². The van der Waals surface area contributed by atoms with Crippen LogP contribution in [0.3, 0.4) is 0 Å². The van der Waals surface area contributed by atoms with E-state index in [1.165, 1.54) is 0 Å². The zero-order chi connectivity index (χ0) is 21.3. The van der Waals surface area contributed by atoms with Gasteiger partial charge in [0.1, 0.15) is 6.61 Å². The first-order valence-corrected chi connectivity index (χ1v) is 9.86. The Kier molecular flexibility index (Phi) is 7.26. The average Bonchev–Trinajstić information content (AvgIpc) is 3.19. The molecule has 0 unspecified atom stereocenters. The standard InChI is InChI=1S/C22H26N4O4/c1-25(16-17-6-3-2-4-7-17)21(28)23-11-10-20(27)24-15-18-8-5-9-19(14-18)26-12-13-30-22(26)29/h2-9,14H,10-13,15-16H2,1H3,(H,23,28)(H,24,27). The maximum absolute atomic E-state index is 12.1. The lowest BCUT2D eigenvalue weighted by atomic mass is 10.2. The Hall–Kier alpha value is -3.55. The van der Waals surface area contributed by atoms with Gasteiger partial charge in [0, 0.05) is 38.8 Å². The number of nitrogens with zero attached hydrogens (tertiary/aromatic N) is 2. The van der Waals surface area contributed by atoms with E-state index in [4.69, 9.17) is 4.74 Å². The molecule has 1 heterocycles. The van der Waals surface area contributed by atoms with Gasteiger partial charge < -0.3 is 20.3 Å². The molecule has 0 spiro atoms. The summed E-state index contributed by atoms with van der Waals surface area (Å²) in [7, 11) is 1.71. The molecule has 8 nitrogen and oxygen atoms in total. The van der Waals surface area contributed by atoms with Crippen LogP contribution >= 0.6 is 0 Å². The molecule has 1 aliphatic heterocycles. The van der Waals surface area contributed by atoms with Crippen LogP contribution in [-0.2, 0) is 22.6 Å². The maximum atomic E-state index is 12.1. The second-order valence-corrected chi connectivity index (χ2v) is 7.04. The summed E-state index contributed by atoms with van der Waals surface area (Å²) in [5, 5.41) is 5.58. The van der Waals surface area contributed by atoms with E-state index in [1.807, 2.05) is 54.6 Å². The van der Waals surface area contributed by atoms with Crippen LogP contribution in [0.1, 0.15) is 17.5 Å². The Morgan fingerprint density at radius 1 is 1.07 bits per heavy atom. The summed E-state index contributed by atoms with van der Waals surface area (Å²) >= 11 is 0. The molecule has 1 saturated heterocycles. The van der Waals surface area contributed by atoms with Gasteiger partial charge in [0.05, 0.1) is 6.54 Å². The van der Waals surface area contributed by atoms with Crippen LogP contribution in [0, 0.1) is 0 Å². The SMILES string of the molecule is CN(Cc1ccccc1)C(=O)NCCC(=O)NCc1cccc(N2CCOC2=O)c1. The van der Waals surface area contributed by atoms with Crippen LogP contribution in [0.15, 0.2) is 54.6 Å². The van der Waals surface area contributed by atoms with E-state index in [9.17, 15) is 14.4 Å². The van der Waals surface area contributed by atoms with E-state index in [-0.39, 0.29) is 31.0 Å². The third-order valence-electron chi connectivity index (χ3n) is 4.71. The first-order valence-electron chi connectivity index (χ1n) is 9.86. The topological polar surface area (TPSA) is 91.0 Å². The molecule has 158 valence electrons. The van der Waals surface area contributed by atoms with Crippen molar-refractivity contribution in [3.05, 3.63) is 65.7 Å². The number of hydrogen-bond donors (Lipinski definition) is 2. The number of nitrogens with one attached hydrogen (secondary N) is 2. The molecular formula is C22H26N4O4. The van der Waals surface area contributed by atoms with Crippen molar-refractivity contribution in [2.24, 2.45) is 0 Å². The molecule has 30 heavy (non-hydrogen) atoms. The zero-order valence-electron chi connectivity index (χ0n) is 17.0. The number of amides is 4. The van der Waals surface area contributed by atoms with Gasteiger partial charge in [-0.25, -0.2) is 9.59 Å². The van der Waals surface area contributed by atoms with E-state index < -0.39 is 0 Å². The minimum absolute atomic E-state index is 0.160. The van der Waals surface area contributed by atoms with Crippen molar-refractivity contribution in [2.75, 3.05) is 31.6 Å². The van der Waals surface area contributed by atoms with E-state index in [0.29, 0.717) is 26.2 Å². The lowest BCUT2D eigenvalue weighted by molar-refractivity contribution is -0.121. The molecular weight excluding hydrogens is 384 g/mol. The zero-order valence-corrected chi connectivity index (χ0v) is 17.0. The number of cyclic esters (lactones) is 1. The second kappa shape index (κ2) is 10.3. The predicted octanol–water partition coefficient (Wildman–Crippen LogP) is 2.49. The van der Waals surface area contributed by atoms with Gasteiger partial charge in [-0.1, -0.05) is 42.5 Å². The Morgan fingerprint density at radius 3 is 2.57 bits per heavy atom. The number of benzene rings is 2. The number of rotatable bonds is 8. The molecule has 0 radical (unpaired) electrons. The monoisotopic (exact) mass is 410 g/mol. The average molecular weight is 410 g/mol. The third-order valence-corrected chi connectivity index (χ3v) is 4.71. The number of urea groups is 1. The van der Waals surface area contributed by atoms with Crippen LogP contribution in [0.25, 0.3) is 0 Å². The molecule has 0 aliphatic carbocycles. The predicted molar refractivity (Wildman–Crippen MR) is 113 cm³/mol. The number of ether oxygens (including phenoxy) is 1. The second-order valence-electron chi connectivity index (χ2n) is 7.04. The molecule has 1 fully saturated rings. The highest BCUT2D eigenvalue weighted by molar-refractivity contribution is 5.89. The summed E-state index contributed by atoms with van der Waals surface area (Å²) in [6.45, 7) is 2.00. The van der Waals surface area contributed by atoms with Gasteiger partial charge >= 0.3 is 12.1 Å². The highest BCUT2D eigenvalue weighted by Gasteiger charge is 2.23. The van der Waals surface area contributed by atoms with Crippen molar-refractivity contribution in [3.8, 4) is 0 Å². The van der Waals surface area contributed by atoms with Crippen molar-refractivity contribution in [3.63, 3.8) is 0 Å². The lowest BCUT2D eigenvalue weighted by Crippen LogP contribution is -2.38. The lowest BCUT2D eigenvalue weighted by Gasteiger charge is -2.18. The van der Waals surface area contributed by atoms with Gasteiger partial charge in [-0.2, -0.15) is 0 Å². The fourth-order valence-electron chi connectivity index (χ4n) is 3.10. The van der Waals surface area contributed by atoms with E-state index in [1.54, 1.807) is 16.8 Å². The first-order chi connectivity index (χ1) is 14.5. The van der Waals surface area contributed by atoms with Crippen molar-refractivity contribution < 1.29 is 19.1 Å². The summed E-state index contributed by atoms with van der Waals surface area (Å²) in [4.78, 5) is 39.0. The maximum Gasteiger partial charge on any atom is 0.414 e. The van der Waals surface area contributed by atoms with Crippen LogP contribution in [0.2, 0.25) is 0 Å². The molecule has 2 aromatic rings. The number of anilines is 1. The smallest absolute Gasteiger partial charge is 0.414 e. The van der Waals surface area contributed by atoms with E-state index in [0.717, 1.165) is 16.8 Å². The van der Waals surface area contributed by atoms with Crippen LogP contribution < -0.4 is 15.5 Å². The summed E-state index contributed by atoms with van der Waals surface area (Å²) in [5.74, 6) is -0.160. The highest BCUT2D eigenvalue weighted by Crippen LogP contribution is 2.19. The van der Waals surface area contributed by atoms with Crippen LogP contribution in [0.5, 0.6) is 0 Å². The Labute approximate surface area is 175 Å². The molecule has 2 aromatic carbocycles. The van der Waals surface area contributed by atoms with Gasteiger partial charge in [0.2, 0.25) is 5.91 Å². The molecule has 4 amide bonds. The summed E-state index contributed by atoms with van der Waals surface area (Å²) < 4.78 is 4.95. The molecule has 1 aliphatic rings. The van der Waals surface area contributed by atoms with Gasteiger partial charge in [0.25, 0.3) is 0 Å². The van der Waals surface area contributed by atoms with Gasteiger partial charge in [-0.3, -0.25) is 9.69 Å². The van der Waals surface area contributed by atoms with Crippen molar-refractivity contribution >= 4 is 23.7 Å². The van der Waals surface area contributed by atoms with Crippen LogP contribution in [-0.4, -0.2) is 49.7 Å². The van der Waals surface area contributed by atoms with Crippen molar-refractivity contribution in [2.45, 2.75) is 19.5 Å². The highest BCUT2D eigenvalue weighted by atomic mass is 16.6. The van der Waals surface area contributed by atoms with Crippen molar-refractivity contribution in [1.82, 2.24) is 15.5 Å². The Morgan fingerprint density at radius 2 is 1.83 bits per heavy atom.